The number of rotatable bonds is 1. The summed E-state index contributed by atoms with van der Waals surface area (Å²) in [5, 5.41) is 0. The van der Waals surface area contributed by atoms with Gasteiger partial charge in [0.15, 0.2) is 0 Å². The minimum atomic E-state index is 0.805. The summed E-state index contributed by atoms with van der Waals surface area (Å²) in [6.45, 7) is 11.8. The molecule has 0 radical (unpaired) electrons. The molecule has 1 heterocycles. The molecule has 0 N–H and O–H groups in total. The van der Waals surface area contributed by atoms with Crippen molar-refractivity contribution >= 4 is 0 Å². The van der Waals surface area contributed by atoms with E-state index in [1.54, 1.807) is 0 Å². The molecule has 1 aliphatic heterocycles. The zero-order valence-corrected chi connectivity index (χ0v) is 10.8. The molecule has 1 aliphatic rings. The minimum Gasteiger partial charge on any atom is -0.372 e. The summed E-state index contributed by atoms with van der Waals surface area (Å²) in [4.78, 5) is 0. The zero-order valence-electron chi connectivity index (χ0n) is 10.8. The number of fused-ring (bicyclic) bond motifs is 1. The van der Waals surface area contributed by atoms with E-state index in [0.29, 0.717) is 0 Å². The zero-order chi connectivity index (χ0) is 11.7. The number of benzene rings is 1. The number of hydrogen-bond donors (Lipinski definition) is 0. The first-order valence-corrected chi connectivity index (χ1v) is 6.08. The molecule has 0 atom stereocenters. The lowest BCUT2D eigenvalue weighted by atomic mass is 10.1. The summed E-state index contributed by atoms with van der Waals surface area (Å²) < 4.78 is 5.31. The smallest absolute Gasteiger partial charge is 0.0725 e. The molecule has 0 saturated heterocycles. The van der Waals surface area contributed by atoms with Gasteiger partial charge in [0.2, 0.25) is 0 Å². The number of aryl methyl sites for hydroxylation is 1. The maximum atomic E-state index is 5.31. The topological polar surface area (TPSA) is 9.23 Å². The molecule has 0 fully saturated rings. The first-order valence-electron chi connectivity index (χ1n) is 6.08. The highest BCUT2D eigenvalue weighted by molar-refractivity contribution is 5.32. The van der Waals surface area contributed by atoms with Crippen molar-refractivity contribution in [1.82, 2.24) is 0 Å². The molecule has 15 heavy (non-hydrogen) atoms. The van der Waals surface area contributed by atoms with E-state index in [4.69, 9.17) is 4.74 Å². The molecule has 0 saturated carbocycles. The standard InChI is InChI=1S/C10H12O.2C2H6/c1-2-8-3-4-9-6-11-7-10(9)5-8;2*1-2/h3-5H,2,6-7H2,1H3;2*1-2H3. The summed E-state index contributed by atoms with van der Waals surface area (Å²) in [6.07, 6.45) is 1.12. The summed E-state index contributed by atoms with van der Waals surface area (Å²) in [7, 11) is 0. The second-order valence-corrected chi connectivity index (χ2v) is 2.95. The van der Waals surface area contributed by atoms with Crippen molar-refractivity contribution in [2.75, 3.05) is 0 Å². The van der Waals surface area contributed by atoms with E-state index in [1.807, 2.05) is 27.7 Å². The van der Waals surface area contributed by atoms with Gasteiger partial charge < -0.3 is 4.74 Å². The molecule has 0 amide bonds. The third-order valence-corrected chi connectivity index (χ3v) is 2.19. The Balaban J connectivity index is 0.000000442. The molecule has 1 aromatic rings. The van der Waals surface area contributed by atoms with Gasteiger partial charge >= 0.3 is 0 Å². The van der Waals surface area contributed by atoms with E-state index in [9.17, 15) is 0 Å². The largest absolute Gasteiger partial charge is 0.372 e. The van der Waals surface area contributed by atoms with Crippen molar-refractivity contribution in [3.63, 3.8) is 0 Å². The van der Waals surface area contributed by atoms with Crippen molar-refractivity contribution in [3.05, 3.63) is 34.9 Å². The van der Waals surface area contributed by atoms with Crippen LogP contribution < -0.4 is 0 Å². The lowest BCUT2D eigenvalue weighted by Gasteiger charge is -1.99. The average Bonchev–Trinajstić information content (AvgIpc) is 2.81. The molecule has 0 bridgehead atoms. The summed E-state index contributed by atoms with van der Waals surface area (Å²) in [5.74, 6) is 0. The van der Waals surface area contributed by atoms with Crippen molar-refractivity contribution in [3.8, 4) is 0 Å². The van der Waals surface area contributed by atoms with Gasteiger partial charge in [-0.05, 0) is 23.1 Å². The van der Waals surface area contributed by atoms with Gasteiger partial charge in [-0.3, -0.25) is 0 Å². The highest BCUT2D eigenvalue weighted by Gasteiger charge is 2.09. The van der Waals surface area contributed by atoms with Gasteiger partial charge in [0, 0.05) is 0 Å². The van der Waals surface area contributed by atoms with Gasteiger partial charge in [0.05, 0.1) is 13.2 Å². The maximum absolute atomic E-state index is 5.31. The third-order valence-electron chi connectivity index (χ3n) is 2.19. The van der Waals surface area contributed by atoms with Gasteiger partial charge in [-0.2, -0.15) is 0 Å². The molecule has 86 valence electrons. The Morgan fingerprint density at radius 1 is 1.00 bits per heavy atom. The fourth-order valence-electron chi connectivity index (χ4n) is 1.45. The van der Waals surface area contributed by atoms with E-state index in [0.717, 1.165) is 19.6 Å². The minimum absolute atomic E-state index is 0.805. The van der Waals surface area contributed by atoms with Crippen LogP contribution in [0.4, 0.5) is 0 Å². The van der Waals surface area contributed by atoms with Crippen molar-refractivity contribution in [2.24, 2.45) is 0 Å². The molecule has 0 spiro atoms. The van der Waals surface area contributed by atoms with E-state index in [2.05, 4.69) is 25.1 Å². The van der Waals surface area contributed by atoms with Crippen LogP contribution in [0, 0.1) is 0 Å². The van der Waals surface area contributed by atoms with Crippen LogP contribution in [-0.4, -0.2) is 0 Å². The first-order chi connectivity index (χ1) is 7.40. The predicted molar refractivity (Wildman–Crippen MR) is 67.0 cm³/mol. The molecular formula is C14H24O. The van der Waals surface area contributed by atoms with Crippen LogP contribution in [-0.2, 0) is 24.4 Å². The summed E-state index contributed by atoms with van der Waals surface area (Å²) in [6, 6.07) is 6.62. The third kappa shape index (κ3) is 4.05. The van der Waals surface area contributed by atoms with Crippen molar-refractivity contribution in [1.29, 1.82) is 0 Å². The highest BCUT2D eigenvalue weighted by Crippen LogP contribution is 2.20. The Kier molecular flexibility index (Phi) is 8.02. The Hall–Kier alpha value is -0.820. The van der Waals surface area contributed by atoms with Gasteiger partial charge in [0.25, 0.3) is 0 Å². The normalized spacial score (nSPS) is 11.8. The summed E-state index contributed by atoms with van der Waals surface area (Å²) in [5.41, 5.74) is 4.15. The quantitative estimate of drug-likeness (QED) is 0.667. The molecule has 1 nitrogen and oxygen atoms in total. The molecule has 0 unspecified atom stereocenters. The van der Waals surface area contributed by atoms with Gasteiger partial charge in [0.1, 0.15) is 0 Å². The molecule has 0 aliphatic carbocycles. The number of hydrogen-bond acceptors (Lipinski definition) is 1. The van der Waals surface area contributed by atoms with Crippen LogP contribution in [0.25, 0.3) is 0 Å². The van der Waals surface area contributed by atoms with Crippen LogP contribution >= 0.6 is 0 Å². The molecule has 1 aromatic carbocycles. The Morgan fingerprint density at radius 2 is 1.60 bits per heavy atom. The van der Waals surface area contributed by atoms with Crippen molar-refractivity contribution in [2.45, 2.75) is 54.3 Å². The van der Waals surface area contributed by atoms with Crippen molar-refractivity contribution < 1.29 is 4.74 Å². The summed E-state index contributed by atoms with van der Waals surface area (Å²) >= 11 is 0. The van der Waals surface area contributed by atoms with E-state index in [-0.39, 0.29) is 0 Å². The second-order valence-electron chi connectivity index (χ2n) is 2.95. The van der Waals surface area contributed by atoms with Crippen LogP contribution in [0.1, 0.15) is 51.3 Å². The molecular weight excluding hydrogens is 184 g/mol. The van der Waals surface area contributed by atoms with Gasteiger partial charge in [-0.1, -0.05) is 52.8 Å². The van der Waals surface area contributed by atoms with Gasteiger partial charge in [-0.25, -0.2) is 0 Å². The fraction of sp³-hybridized carbons (Fsp3) is 0.571. The maximum Gasteiger partial charge on any atom is 0.0725 e. The van der Waals surface area contributed by atoms with Crippen LogP contribution in [0.15, 0.2) is 18.2 Å². The van der Waals surface area contributed by atoms with E-state index >= 15 is 0 Å². The Morgan fingerprint density at radius 3 is 2.20 bits per heavy atom. The van der Waals surface area contributed by atoms with E-state index in [1.165, 1.54) is 16.7 Å². The fourth-order valence-corrected chi connectivity index (χ4v) is 1.45. The average molecular weight is 208 g/mol. The Bertz CT molecular complexity index is 266. The highest BCUT2D eigenvalue weighted by atomic mass is 16.5. The van der Waals surface area contributed by atoms with Crippen LogP contribution in [0.3, 0.4) is 0 Å². The lowest BCUT2D eigenvalue weighted by molar-refractivity contribution is 0.134. The molecule has 2 rings (SSSR count). The monoisotopic (exact) mass is 208 g/mol. The Labute approximate surface area is 94.5 Å². The molecule has 1 heteroatoms. The predicted octanol–water partition coefficient (Wildman–Crippen LogP) is 4.33. The van der Waals surface area contributed by atoms with Gasteiger partial charge in [-0.15, -0.1) is 0 Å². The van der Waals surface area contributed by atoms with Crippen LogP contribution in [0.5, 0.6) is 0 Å². The SMILES string of the molecule is CC.CC.CCc1ccc2c(c1)COC2. The number of ether oxygens (including phenoxy) is 1. The second kappa shape index (κ2) is 8.49. The first kappa shape index (κ1) is 14.2. The van der Waals surface area contributed by atoms with E-state index < -0.39 is 0 Å². The molecule has 0 aromatic heterocycles. The lowest BCUT2D eigenvalue weighted by Crippen LogP contribution is -1.85. The van der Waals surface area contributed by atoms with Crippen LogP contribution in [0.2, 0.25) is 0 Å².